The summed E-state index contributed by atoms with van der Waals surface area (Å²) in [6.45, 7) is 0. The number of nitrogens with zero attached hydrogens (tertiary/aromatic N) is 2. The van der Waals surface area contributed by atoms with Crippen LogP contribution in [0.25, 0.3) is 0 Å². The minimum atomic E-state index is -0.586. The first-order valence-electron chi connectivity index (χ1n) is 12.4. The van der Waals surface area contributed by atoms with Crippen LogP contribution in [0.1, 0.15) is 44.9 Å². The molecule has 0 aromatic heterocycles. The van der Waals surface area contributed by atoms with Gasteiger partial charge in [-0.05, 0) is 32.1 Å². The number of ether oxygens (including phenoxy) is 3. The van der Waals surface area contributed by atoms with Crippen molar-refractivity contribution in [2.24, 2.45) is 5.92 Å². The molecule has 0 spiro atoms. The van der Waals surface area contributed by atoms with Crippen molar-refractivity contribution in [2.75, 3.05) is 21.3 Å². The van der Waals surface area contributed by atoms with Crippen LogP contribution < -0.4 is 27.0 Å². The monoisotopic (exact) mass is 531 g/mol. The Bertz CT molecular complexity index is 810. The zero-order valence-electron chi connectivity index (χ0n) is 20.4. The zero-order valence-corrected chi connectivity index (χ0v) is 22.0. The Morgan fingerprint density at radius 1 is 0.971 bits per heavy atom. The van der Waals surface area contributed by atoms with Gasteiger partial charge < -0.3 is 24.4 Å². The van der Waals surface area contributed by atoms with Crippen LogP contribution in [0.2, 0.25) is 0 Å². The summed E-state index contributed by atoms with van der Waals surface area (Å²) >= 11 is 3.35. The van der Waals surface area contributed by atoms with E-state index in [-0.39, 0.29) is 51.0 Å². The number of rotatable bonds is 8. The van der Waals surface area contributed by atoms with Gasteiger partial charge in [-0.1, -0.05) is 29.9 Å². The summed E-state index contributed by atoms with van der Waals surface area (Å²) in [4.78, 5) is 14.3. The quantitative estimate of drug-likeness (QED) is 0.226. The lowest BCUT2D eigenvalue weighted by Gasteiger charge is -2.41. The van der Waals surface area contributed by atoms with Gasteiger partial charge in [-0.3, -0.25) is 10.1 Å². The van der Waals surface area contributed by atoms with Crippen LogP contribution in [0.15, 0.2) is 11.4 Å². The SMILES string of the molecule is COC1CCC2C(C1)C(C1NNC(OC)S1)=C(NC1CCCCC1[N+](=O)[O-])N2C1NNC(OC)S1. The topological polar surface area (TPSA) is 134 Å². The van der Waals surface area contributed by atoms with Crippen LogP contribution in [0.4, 0.5) is 0 Å². The van der Waals surface area contributed by atoms with Gasteiger partial charge in [0.2, 0.25) is 6.04 Å². The Morgan fingerprint density at radius 3 is 2.40 bits per heavy atom. The molecule has 14 heteroatoms. The van der Waals surface area contributed by atoms with Crippen molar-refractivity contribution in [3.05, 3.63) is 21.5 Å². The van der Waals surface area contributed by atoms with Gasteiger partial charge in [-0.15, -0.1) is 0 Å². The van der Waals surface area contributed by atoms with E-state index in [1.54, 1.807) is 44.9 Å². The molecule has 198 valence electrons. The van der Waals surface area contributed by atoms with E-state index in [9.17, 15) is 10.1 Å². The van der Waals surface area contributed by atoms with E-state index >= 15 is 0 Å². The fraction of sp³-hybridized carbons (Fsp3) is 0.905. The maximum atomic E-state index is 11.9. The van der Waals surface area contributed by atoms with Crippen molar-refractivity contribution in [1.29, 1.82) is 0 Å². The highest BCUT2D eigenvalue weighted by Crippen LogP contribution is 2.49. The fourth-order valence-corrected chi connectivity index (χ4v) is 8.21. The Morgan fingerprint density at radius 2 is 1.71 bits per heavy atom. The first-order chi connectivity index (χ1) is 17.0. The number of fused-ring (bicyclic) bond motifs is 1. The van der Waals surface area contributed by atoms with Crippen molar-refractivity contribution in [3.63, 3.8) is 0 Å². The van der Waals surface area contributed by atoms with Crippen molar-refractivity contribution < 1.29 is 19.1 Å². The molecule has 0 radical (unpaired) electrons. The highest BCUT2D eigenvalue weighted by molar-refractivity contribution is 8.00. The van der Waals surface area contributed by atoms with E-state index < -0.39 is 6.04 Å². The molecule has 12 nitrogen and oxygen atoms in total. The third-order valence-electron chi connectivity index (χ3n) is 7.84. The Labute approximate surface area is 214 Å². The van der Waals surface area contributed by atoms with Gasteiger partial charge >= 0.3 is 0 Å². The summed E-state index contributed by atoms with van der Waals surface area (Å²) in [5.74, 6) is 1.25. The highest BCUT2D eigenvalue weighted by Gasteiger charge is 2.52. The molecule has 9 unspecified atom stereocenters. The molecular weight excluding hydrogens is 494 g/mol. The number of methoxy groups -OCH3 is 3. The largest absolute Gasteiger partial charge is 0.381 e. The molecule has 5 aliphatic rings. The van der Waals surface area contributed by atoms with Crippen molar-refractivity contribution in [1.82, 2.24) is 31.9 Å². The molecule has 4 fully saturated rings. The highest BCUT2D eigenvalue weighted by atomic mass is 32.2. The average Bonchev–Trinajstić information content (AvgIpc) is 3.60. The number of hydrazine groups is 2. The molecular formula is C21H37N7O5S2. The Balaban J connectivity index is 1.53. The molecule has 3 aliphatic heterocycles. The predicted molar refractivity (Wildman–Crippen MR) is 134 cm³/mol. The minimum absolute atomic E-state index is 0.0224. The Kier molecular flexibility index (Phi) is 8.31. The second-order valence-corrected chi connectivity index (χ2v) is 12.0. The molecule has 2 saturated carbocycles. The lowest BCUT2D eigenvalue weighted by molar-refractivity contribution is -0.529. The molecule has 3 heterocycles. The van der Waals surface area contributed by atoms with Gasteiger partial charge in [0.1, 0.15) is 11.3 Å². The maximum absolute atomic E-state index is 11.9. The van der Waals surface area contributed by atoms with Crippen molar-refractivity contribution in [2.45, 2.75) is 91.2 Å². The average molecular weight is 532 g/mol. The normalized spacial score (nSPS) is 41.9. The van der Waals surface area contributed by atoms with Crippen LogP contribution in [0.3, 0.4) is 0 Å². The first-order valence-corrected chi connectivity index (χ1v) is 14.3. The molecule has 35 heavy (non-hydrogen) atoms. The van der Waals surface area contributed by atoms with Gasteiger partial charge in [-0.25, -0.2) is 21.7 Å². The summed E-state index contributed by atoms with van der Waals surface area (Å²) in [5, 5.41) is 15.7. The van der Waals surface area contributed by atoms with E-state index in [0.717, 1.165) is 44.3 Å². The van der Waals surface area contributed by atoms with E-state index in [1.807, 2.05) is 0 Å². The summed E-state index contributed by atoms with van der Waals surface area (Å²) in [5.41, 5.74) is 14.1. The number of thioether (sulfide) groups is 2. The third-order valence-corrected chi connectivity index (χ3v) is 10.2. The van der Waals surface area contributed by atoms with Crippen molar-refractivity contribution >= 4 is 23.5 Å². The second-order valence-electron chi connectivity index (χ2n) is 9.66. The van der Waals surface area contributed by atoms with Crippen LogP contribution >= 0.6 is 23.5 Å². The van der Waals surface area contributed by atoms with Gasteiger partial charge in [0.25, 0.3) is 0 Å². The summed E-state index contributed by atoms with van der Waals surface area (Å²) in [6.07, 6.45) is 6.38. The lowest BCUT2D eigenvalue weighted by atomic mass is 9.80. The van der Waals surface area contributed by atoms with Crippen LogP contribution in [0.5, 0.6) is 0 Å². The van der Waals surface area contributed by atoms with Gasteiger partial charge in [0.15, 0.2) is 11.1 Å². The van der Waals surface area contributed by atoms with Gasteiger partial charge in [0.05, 0.1) is 17.5 Å². The van der Waals surface area contributed by atoms with E-state index in [1.165, 1.54) is 5.57 Å². The smallest absolute Gasteiger partial charge is 0.232 e. The molecule has 2 aliphatic carbocycles. The molecule has 0 amide bonds. The van der Waals surface area contributed by atoms with Gasteiger partial charge in [0, 0.05) is 50.2 Å². The van der Waals surface area contributed by atoms with Crippen LogP contribution in [0, 0.1) is 16.0 Å². The summed E-state index contributed by atoms with van der Waals surface area (Å²) in [7, 11) is 5.16. The second kappa shape index (κ2) is 11.3. The summed E-state index contributed by atoms with van der Waals surface area (Å²) in [6, 6.07) is -0.542. The minimum Gasteiger partial charge on any atom is -0.381 e. The molecule has 2 saturated heterocycles. The van der Waals surface area contributed by atoms with Crippen LogP contribution in [-0.4, -0.2) is 77.4 Å². The number of hydrogen-bond donors (Lipinski definition) is 5. The number of hydrogen-bond acceptors (Lipinski definition) is 13. The molecule has 0 aromatic rings. The van der Waals surface area contributed by atoms with E-state index in [0.29, 0.717) is 6.42 Å². The molecule has 9 atom stereocenters. The molecule has 5 rings (SSSR count). The Hall–Kier alpha value is -0.840. The third kappa shape index (κ3) is 5.14. The van der Waals surface area contributed by atoms with Crippen molar-refractivity contribution in [3.8, 4) is 0 Å². The van der Waals surface area contributed by atoms with Crippen LogP contribution in [-0.2, 0) is 14.2 Å². The fourth-order valence-electron chi connectivity index (χ4n) is 6.14. The lowest BCUT2D eigenvalue weighted by Crippen LogP contribution is -2.54. The number of nitro groups is 1. The number of nitrogens with one attached hydrogen (secondary N) is 5. The van der Waals surface area contributed by atoms with E-state index in [4.69, 9.17) is 14.2 Å². The maximum Gasteiger partial charge on any atom is 0.232 e. The first kappa shape index (κ1) is 25.8. The van der Waals surface area contributed by atoms with E-state index in [2.05, 4.69) is 31.9 Å². The molecule has 5 N–H and O–H groups in total. The standard InChI is InChI=1S/C21H37N7O5S2/c1-31-11-8-9-14-12(10-11)16(18-23-25-20(32-2)34-18)17(27(14)19-24-26-21(33-3)35-19)22-13-6-4-5-7-15(13)28(29)30/h11-15,18-26H,4-10H2,1-3H3. The molecule has 0 aromatic carbocycles. The molecule has 0 bridgehead atoms. The summed E-state index contributed by atoms with van der Waals surface area (Å²) < 4.78 is 16.9. The zero-order chi connectivity index (χ0) is 24.5. The predicted octanol–water partition coefficient (Wildman–Crippen LogP) is 1.03. The van der Waals surface area contributed by atoms with Gasteiger partial charge in [-0.2, -0.15) is 0 Å².